The number of hydrogen-bond acceptors (Lipinski definition) is 3. The van der Waals surface area contributed by atoms with Crippen LogP contribution in [0.3, 0.4) is 0 Å². The number of rotatable bonds is 5. The van der Waals surface area contributed by atoms with Crippen LogP contribution in [-0.4, -0.2) is 37.1 Å². The number of aliphatic hydroxyl groups is 1. The molecule has 0 spiro atoms. The van der Waals surface area contributed by atoms with Gasteiger partial charge in [-0.15, -0.1) is 0 Å². The lowest BCUT2D eigenvalue weighted by atomic mass is 10.2. The fourth-order valence-electron chi connectivity index (χ4n) is 0.932. The van der Waals surface area contributed by atoms with Crippen LogP contribution in [0, 0.1) is 0 Å². The molecule has 2 unspecified atom stereocenters. The van der Waals surface area contributed by atoms with Gasteiger partial charge in [0.2, 0.25) is 0 Å². The minimum absolute atomic E-state index is 0.00435. The number of methoxy groups -OCH3 is 1. The van der Waals surface area contributed by atoms with Gasteiger partial charge in [0, 0.05) is 7.11 Å². The van der Waals surface area contributed by atoms with Crippen LogP contribution in [0.1, 0.15) is 20.8 Å². The Balaban J connectivity index is 3.68. The van der Waals surface area contributed by atoms with E-state index >= 15 is 0 Å². The van der Waals surface area contributed by atoms with Gasteiger partial charge in [0.15, 0.2) is 0 Å². The van der Waals surface area contributed by atoms with Crippen LogP contribution < -0.4 is 0 Å². The summed E-state index contributed by atoms with van der Waals surface area (Å²) in [6, 6.07) is 0. The zero-order valence-electron chi connectivity index (χ0n) is 7.70. The van der Waals surface area contributed by atoms with Crippen LogP contribution in [0.4, 0.5) is 0 Å². The normalized spacial score (nSPS) is 16.9. The molecule has 68 valence electrons. The van der Waals surface area contributed by atoms with Gasteiger partial charge in [0.1, 0.15) is 6.10 Å². The van der Waals surface area contributed by atoms with Gasteiger partial charge in [-0.3, -0.25) is 0 Å². The van der Waals surface area contributed by atoms with Crippen molar-refractivity contribution in [3.63, 3.8) is 0 Å². The number of aliphatic hydroxyl groups excluding tert-OH is 1. The summed E-state index contributed by atoms with van der Waals surface area (Å²) in [5, 5.41) is 8.80. The first-order valence-electron chi connectivity index (χ1n) is 3.91. The summed E-state index contributed by atoms with van der Waals surface area (Å²) in [5.41, 5.74) is 0. The monoisotopic (exact) mass is 162 g/mol. The molecule has 0 amide bonds. The van der Waals surface area contributed by atoms with E-state index in [0.29, 0.717) is 0 Å². The highest BCUT2D eigenvalue weighted by atomic mass is 16.5. The Hall–Kier alpha value is -0.120. The topological polar surface area (TPSA) is 38.7 Å². The van der Waals surface area contributed by atoms with Gasteiger partial charge < -0.3 is 14.6 Å². The first-order valence-corrected chi connectivity index (χ1v) is 3.91. The molecule has 0 heterocycles. The molecule has 0 aromatic heterocycles. The Morgan fingerprint density at radius 2 is 1.82 bits per heavy atom. The molecule has 0 radical (unpaired) electrons. The fraction of sp³-hybridized carbons (Fsp3) is 1.00. The summed E-state index contributed by atoms with van der Waals surface area (Å²) < 4.78 is 10.4. The maximum Gasteiger partial charge on any atom is 0.106 e. The third-order valence-corrected chi connectivity index (χ3v) is 1.49. The third-order valence-electron chi connectivity index (χ3n) is 1.49. The summed E-state index contributed by atoms with van der Waals surface area (Å²) in [5.74, 6) is 0. The predicted octanol–water partition coefficient (Wildman–Crippen LogP) is 0.807. The third kappa shape index (κ3) is 4.35. The van der Waals surface area contributed by atoms with Crippen molar-refractivity contribution in [3.8, 4) is 0 Å². The second-order valence-electron chi connectivity index (χ2n) is 2.85. The molecule has 1 N–H and O–H groups in total. The molecule has 0 aliphatic rings. The Morgan fingerprint density at radius 1 is 1.27 bits per heavy atom. The SMILES string of the molecule is COC(CO)C(C)OC(C)C. The van der Waals surface area contributed by atoms with E-state index in [4.69, 9.17) is 14.6 Å². The van der Waals surface area contributed by atoms with Crippen LogP contribution in [0.25, 0.3) is 0 Å². The van der Waals surface area contributed by atoms with Crippen LogP contribution in [-0.2, 0) is 9.47 Å². The second-order valence-corrected chi connectivity index (χ2v) is 2.85. The average Bonchev–Trinajstić information content (AvgIpc) is 1.88. The van der Waals surface area contributed by atoms with E-state index in [-0.39, 0.29) is 24.9 Å². The molecule has 3 nitrogen and oxygen atoms in total. The van der Waals surface area contributed by atoms with Gasteiger partial charge in [0.05, 0.1) is 18.8 Å². The van der Waals surface area contributed by atoms with E-state index < -0.39 is 0 Å². The second kappa shape index (κ2) is 5.52. The molecular formula is C8H18O3. The van der Waals surface area contributed by atoms with Crippen molar-refractivity contribution in [1.82, 2.24) is 0 Å². The summed E-state index contributed by atoms with van der Waals surface area (Å²) in [4.78, 5) is 0. The highest BCUT2D eigenvalue weighted by Gasteiger charge is 2.16. The summed E-state index contributed by atoms with van der Waals surface area (Å²) in [7, 11) is 1.57. The van der Waals surface area contributed by atoms with E-state index in [2.05, 4.69) is 0 Å². The van der Waals surface area contributed by atoms with Crippen LogP contribution in [0.15, 0.2) is 0 Å². The Kier molecular flexibility index (Phi) is 5.46. The number of ether oxygens (including phenoxy) is 2. The van der Waals surface area contributed by atoms with Gasteiger partial charge in [-0.2, -0.15) is 0 Å². The average molecular weight is 162 g/mol. The highest BCUT2D eigenvalue weighted by molar-refractivity contribution is 4.64. The van der Waals surface area contributed by atoms with Gasteiger partial charge in [0.25, 0.3) is 0 Å². The fourth-order valence-corrected chi connectivity index (χ4v) is 0.932. The maximum atomic E-state index is 8.80. The Morgan fingerprint density at radius 3 is 2.09 bits per heavy atom. The Bertz CT molecular complexity index is 89.3. The molecule has 0 aliphatic heterocycles. The van der Waals surface area contributed by atoms with Gasteiger partial charge in [-0.1, -0.05) is 0 Å². The zero-order valence-corrected chi connectivity index (χ0v) is 7.70. The quantitative estimate of drug-likeness (QED) is 0.650. The lowest BCUT2D eigenvalue weighted by molar-refractivity contribution is -0.0871. The molecule has 0 saturated heterocycles. The summed E-state index contributed by atoms with van der Waals surface area (Å²) in [6.07, 6.45) is -0.0865. The molecule has 3 heteroatoms. The summed E-state index contributed by atoms with van der Waals surface area (Å²) in [6.45, 7) is 5.82. The first-order chi connectivity index (χ1) is 5.11. The van der Waals surface area contributed by atoms with E-state index in [9.17, 15) is 0 Å². The smallest absolute Gasteiger partial charge is 0.106 e. The van der Waals surface area contributed by atoms with Crippen molar-refractivity contribution < 1.29 is 14.6 Å². The molecule has 0 rings (SSSR count). The molecule has 0 saturated carbocycles. The molecule has 0 aromatic rings. The van der Waals surface area contributed by atoms with Gasteiger partial charge in [-0.25, -0.2) is 0 Å². The van der Waals surface area contributed by atoms with Gasteiger partial charge in [-0.05, 0) is 20.8 Å². The largest absolute Gasteiger partial charge is 0.394 e. The minimum Gasteiger partial charge on any atom is -0.394 e. The van der Waals surface area contributed by atoms with Gasteiger partial charge >= 0.3 is 0 Å². The molecule has 0 bridgehead atoms. The van der Waals surface area contributed by atoms with Crippen LogP contribution >= 0.6 is 0 Å². The molecule has 2 atom stereocenters. The van der Waals surface area contributed by atoms with E-state index in [0.717, 1.165) is 0 Å². The van der Waals surface area contributed by atoms with E-state index in [1.165, 1.54) is 0 Å². The number of hydrogen-bond donors (Lipinski definition) is 1. The zero-order chi connectivity index (χ0) is 8.85. The maximum absolute atomic E-state index is 8.80. The molecule has 0 aliphatic carbocycles. The lowest BCUT2D eigenvalue weighted by Crippen LogP contribution is -2.33. The first kappa shape index (κ1) is 10.9. The van der Waals surface area contributed by atoms with Crippen molar-refractivity contribution in [2.75, 3.05) is 13.7 Å². The molecule has 0 aromatic carbocycles. The molecule has 11 heavy (non-hydrogen) atoms. The van der Waals surface area contributed by atoms with Crippen molar-refractivity contribution in [3.05, 3.63) is 0 Å². The Labute approximate surface area is 68.3 Å². The van der Waals surface area contributed by atoms with E-state index in [1.807, 2.05) is 20.8 Å². The van der Waals surface area contributed by atoms with Crippen molar-refractivity contribution in [1.29, 1.82) is 0 Å². The van der Waals surface area contributed by atoms with Crippen LogP contribution in [0.2, 0.25) is 0 Å². The summed E-state index contributed by atoms with van der Waals surface area (Å²) >= 11 is 0. The minimum atomic E-state index is -0.211. The van der Waals surface area contributed by atoms with E-state index in [1.54, 1.807) is 7.11 Å². The predicted molar refractivity (Wildman–Crippen MR) is 43.6 cm³/mol. The van der Waals surface area contributed by atoms with Crippen molar-refractivity contribution >= 4 is 0 Å². The molecule has 0 fully saturated rings. The van der Waals surface area contributed by atoms with Crippen LogP contribution in [0.5, 0.6) is 0 Å². The highest BCUT2D eigenvalue weighted by Crippen LogP contribution is 2.04. The molecular weight excluding hydrogens is 144 g/mol. The lowest BCUT2D eigenvalue weighted by Gasteiger charge is -2.22. The standard InChI is InChI=1S/C8H18O3/c1-6(2)11-7(3)8(5-9)10-4/h6-9H,5H2,1-4H3. The van der Waals surface area contributed by atoms with Crippen molar-refractivity contribution in [2.45, 2.75) is 39.1 Å². The van der Waals surface area contributed by atoms with Crippen molar-refractivity contribution in [2.24, 2.45) is 0 Å².